The van der Waals surface area contributed by atoms with Crippen molar-refractivity contribution in [2.45, 2.75) is 39.0 Å². The number of sulfone groups is 1. The lowest BCUT2D eigenvalue weighted by Crippen LogP contribution is -2.19. The van der Waals surface area contributed by atoms with Gasteiger partial charge in [-0.15, -0.1) is 11.3 Å². The number of hydrogen-bond acceptors (Lipinski definition) is 6. The number of hydrogen-bond donors (Lipinski definition) is 1. The second-order valence-corrected chi connectivity index (χ2v) is 10.4. The number of methoxy groups -OCH3 is 1. The second-order valence-electron chi connectivity index (χ2n) is 7.07. The van der Waals surface area contributed by atoms with Gasteiger partial charge in [0.2, 0.25) is 5.91 Å². The molecule has 0 radical (unpaired) electrons. The van der Waals surface area contributed by atoms with Gasteiger partial charge >= 0.3 is 5.97 Å². The van der Waals surface area contributed by atoms with Crippen molar-refractivity contribution >= 4 is 38.1 Å². The molecular weight excluding hydrogens is 362 g/mol. The fourth-order valence-corrected chi connectivity index (χ4v) is 6.91. The van der Waals surface area contributed by atoms with E-state index in [1.165, 1.54) is 18.4 Å². The molecule has 0 bridgehead atoms. The van der Waals surface area contributed by atoms with E-state index in [9.17, 15) is 18.0 Å². The summed E-state index contributed by atoms with van der Waals surface area (Å²) >= 11 is 1.44. The van der Waals surface area contributed by atoms with Crippen LogP contribution in [-0.4, -0.2) is 38.9 Å². The van der Waals surface area contributed by atoms with E-state index in [4.69, 9.17) is 4.74 Å². The molecule has 0 spiro atoms. The Kier molecular flexibility index (Phi) is 5.20. The fourth-order valence-electron chi connectivity index (χ4n) is 3.63. The molecule has 1 aliphatic heterocycles. The van der Waals surface area contributed by atoms with Gasteiger partial charge in [0.05, 0.1) is 24.2 Å². The normalized spacial score (nSPS) is 24.6. The summed E-state index contributed by atoms with van der Waals surface area (Å²) in [5.41, 5.74) is 1.47. The SMILES string of the molecule is COC(=O)c1c(NC(=O)C[C@H]2CCS(=O)(=O)C2)sc2c1CC[C@H](C)C2. The first kappa shape index (κ1) is 18.4. The van der Waals surface area contributed by atoms with E-state index in [-0.39, 0.29) is 29.8 Å². The third-order valence-corrected chi connectivity index (χ3v) is 7.96. The van der Waals surface area contributed by atoms with E-state index < -0.39 is 15.8 Å². The molecule has 1 aromatic heterocycles. The van der Waals surface area contributed by atoms with Gasteiger partial charge in [0, 0.05) is 11.3 Å². The molecule has 1 N–H and O–H groups in total. The molecule has 0 aromatic carbocycles. The van der Waals surface area contributed by atoms with Crippen LogP contribution in [0.2, 0.25) is 0 Å². The second kappa shape index (κ2) is 7.07. The molecule has 1 fully saturated rings. The summed E-state index contributed by atoms with van der Waals surface area (Å²) in [6.07, 6.45) is 3.42. The summed E-state index contributed by atoms with van der Waals surface area (Å²) in [6, 6.07) is 0. The average molecular weight is 386 g/mol. The number of rotatable bonds is 4. The molecule has 0 unspecified atom stereocenters. The van der Waals surface area contributed by atoms with Crippen LogP contribution in [0.1, 0.15) is 47.0 Å². The smallest absolute Gasteiger partial charge is 0.341 e. The van der Waals surface area contributed by atoms with Crippen molar-refractivity contribution in [1.82, 2.24) is 0 Å². The van der Waals surface area contributed by atoms with Crippen molar-refractivity contribution < 1.29 is 22.7 Å². The van der Waals surface area contributed by atoms with Crippen molar-refractivity contribution in [3.05, 3.63) is 16.0 Å². The fraction of sp³-hybridized carbons (Fsp3) is 0.647. The van der Waals surface area contributed by atoms with Gasteiger partial charge in [-0.2, -0.15) is 0 Å². The van der Waals surface area contributed by atoms with Crippen molar-refractivity contribution in [3.63, 3.8) is 0 Å². The minimum absolute atomic E-state index is 0.0722. The molecular formula is C17H23NO5S2. The highest BCUT2D eigenvalue weighted by Crippen LogP contribution is 2.40. The van der Waals surface area contributed by atoms with E-state index >= 15 is 0 Å². The Balaban J connectivity index is 1.77. The number of amides is 1. The van der Waals surface area contributed by atoms with Crippen LogP contribution in [0.3, 0.4) is 0 Å². The number of carbonyl (C=O) groups is 2. The largest absolute Gasteiger partial charge is 0.465 e. The van der Waals surface area contributed by atoms with E-state index in [0.717, 1.165) is 29.7 Å². The van der Waals surface area contributed by atoms with Gasteiger partial charge in [0.25, 0.3) is 0 Å². The van der Waals surface area contributed by atoms with E-state index in [1.54, 1.807) is 0 Å². The average Bonchev–Trinajstić information content (AvgIpc) is 3.05. The Morgan fingerprint density at radius 3 is 2.72 bits per heavy atom. The van der Waals surface area contributed by atoms with E-state index in [1.807, 2.05) is 0 Å². The Labute approximate surface area is 151 Å². The van der Waals surface area contributed by atoms with Gasteiger partial charge in [0.15, 0.2) is 9.84 Å². The van der Waals surface area contributed by atoms with Crippen LogP contribution >= 0.6 is 11.3 Å². The predicted octanol–water partition coefficient (Wildman–Crippen LogP) is 2.42. The number of esters is 1. The molecule has 6 nitrogen and oxygen atoms in total. The van der Waals surface area contributed by atoms with E-state index in [2.05, 4.69) is 12.2 Å². The van der Waals surface area contributed by atoms with Crippen molar-refractivity contribution in [2.24, 2.45) is 11.8 Å². The van der Waals surface area contributed by atoms with Crippen LogP contribution < -0.4 is 5.32 Å². The van der Waals surface area contributed by atoms with Crippen LogP contribution in [0.15, 0.2) is 0 Å². The van der Waals surface area contributed by atoms with Crippen molar-refractivity contribution in [2.75, 3.05) is 23.9 Å². The molecule has 0 saturated carbocycles. The van der Waals surface area contributed by atoms with E-state index in [0.29, 0.717) is 22.9 Å². The highest BCUT2D eigenvalue weighted by molar-refractivity contribution is 7.91. The minimum atomic E-state index is -3.00. The van der Waals surface area contributed by atoms with Crippen LogP contribution in [-0.2, 0) is 32.2 Å². The zero-order valence-electron chi connectivity index (χ0n) is 14.5. The maximum absolute atomic E-state index is 12.4. The molecule has 3 rings (SSSR count). The molecule has 138 valence electrons. The first-order valence-electron chi connectivity index (χ1n) is 8.52. The van der Waals surface area contributed by atoms with Crippen LogP contribution in [0.5, 0.6) is 0 Å². The zero-order chi connectivity index (χ0) is 18.2. The lowest BCUT2D eigenvalue weighted by Gasteiger charge is -2.18. The Morgan fingerprint density at radius 2 is 2.08 bits per heavy atom. The lowest BCUT2D eigenvalue weighted by atomic mass is 9.88. The van der Waals surface area contributed by atoms with Gasteiger partial charge < -0.3 is 10.1 Å². The van der Waals surface area contributed by atoms with Crippen molar-refractivity contribution in [3.8, 4) is 0 Å². The molecule has 8 heteroatoms. The first-order chi connectivity index (χ1) is 11.8. The van der Waals surface area contributed by atoms with Crippen LogP contribution in [0.25, 0.3) is 0 Å². The molecule has 2 atom stereocenters. The van der Waals surface area contributed by atoms with Crippen molar-refractivity contribution in [1.29, 1.82) is 0 Å². The highest BCUT2D eigenvalue weighted by Gasteiger charge is 2.31. The number of ether oxygens (including phenoxy) is 1. The summed E-state index contributed by atoms with van der Waals surface area (Å²) < 4.78 is 28.0. The Hall–Kier alpha value is -1.41. The lowest BCUT2D eigenvalue weighted by molar-refractivity contribution is -0.116. The first-order valence-corrected chi connectivity index (χ1v) is 11.2. The quantitative estimate of drug-likeness (QED) is 0.804. The summed E-state index contributed by atoms with van der Waals surface area (Å²) in [4.78, 5) is 25.7. The van der Waals surface area contributed by atoms with Crippen LogP contribution in [0.4, 0.5) is 5.00 Å². The highest BCUT2D eigenvalue weighted by atomic mass is 32.2. The number of thiophene rings is 1. The molecule has 25 heavy (non-hydrogen) atoms. The van der Waals surface area contributed by atoms with Gasteiger partial charge in [-0.1, -0.05) is 6.92 Å². The molecule has 1 aliphatic carbocycles. The van der Waals surface area contributed by atoms with Crippen LogP contribution in [0, 0.1) is 11.8 Å². The summed E-state index contributed by atoms with van der Waals surface area (Å²) in [5.74, 6) is -0.0125. The molecule has 1 aromatic rings. The zero-order valence-corrected chi connectivity index (χ0v) is 16.1. The third-order valence-electron chi connectivity index (χ3n) is 4.95. The minimum Gasteiger partial charge on any atom is -0.465 e. The molecule has 2 heterocycles. The topological polar surface area (TPSA) is 89.5 Å². The third kappa shape index (κ3) is 4.06. The number of carbonyl (C=O) groups excluding carboxylic acids is 2. The Morgan fingerprint density at radius 1 is 1.32 bits per heavy atom. The number of fused-ring (bicyclic) bond motifs is 1. The maximum Gasteiger partial charge on any atom is 0.341 e. The molecule has 1 saturated heterocycles. The number of anilines is 1. The number of nitrogens with one attached hydrogen (secondary N) is 1. The summed E-state index contributed by atoms with van der Waals surface area (Å²) in [6.45, 7) is 2.18. The maximum atomic E-state index is 12.4. The van der Waals surface area contributed by atoms with Gasteiger partial charge in [-0.3, -0.25) is 4.79 Å². The van der Waals surface area contributed by atoms with Gasteiger partial charge in [-0.25, -0.2) is 13.2 Å². The predicted molar refractivity (Wildman–Crippen MR) is 96.9 cm³/mol. The summed E-state index contributed by atoms with van der Waals surface area (Å²) in [7, 11) is -1.66. The molecule has 2 aliphatic rings. The molecule has 1 amide bonds. The standard InChI is InChI=1S/C17H23NO5S2/c1-10-3-4-12-13(7-10)24-16(15(12)17(20)23-2)18-14(19)8-11-5-6-25(21,22)9-11/h10-11H,3-9H2,1-2H3,(H,18,19)/t10-,11+/m0/s1. The Bertz CT molecular complexity index is 796. The van der Waals surface area contributed by atoms with Gasteiger partial charge in [-0.05, 0) is 43.1 Å². The summed E-state index contributed by atoms with van der Waals surface area (Å²) in [5, 5.41) is 3.37. The van der Waals surface area contributed by atoms with Gasteiger partial charge in [0.1, 0.15) is 5.00 Å². The monoisotopic (exact) mass is 385 g/mol.